The van der Waals surface area contributed by atoms with Gasteiger partial charge in [-0.05, 0) is 18.6 Å². The number of aromatic amines is 1. The molecule has 164 valence electrons. The summed E-state index contributed by atoms with van der Waals surface area (Å²) in [4.78, 5) is 19.0. The molecule has 0 unspecified atom stereocenters. The molecule has 1 aliphatic rings. The number of hydrogen-bond acceptors (Lipinski definition) is 4. The van der Waals surface area contributed by atoms with Gasteiger partial charge >= 0.3 is 6.18 Å². The van der Waals surface area contributed by atoms with Gasteiger partial charge in [0.15, 0.2) is 11.0 Å². The van der Waals surface area contributed by atoms with E-state index in [1.165, 1.54) is 12.1 Å². The number of nitrogens with one attached hydrogen (secondary N) is 1. The van der Waals surface area contributed by atoms with Gasteiger partial charge in [0.25, 0.3) is 0 Å². The smallest absolute Gasteiger partial charge is 0.344 e. The molecule has 0 saturated carbocycles. The lowest BCUT2D eigenvalue weighted by molar-refractivity contribution is -0.137. The minimum atomic E-state index is -4.35. The van der Waals surface area contributed by atoms with Gasteiger partial charge in [0.1, 0.15) is 5.82 Å². The Labute approximate surface area is 183 Å². The standard InChI is InChI=1S/C22H23ClF3N5/c1-2-3-4-19-28-18(20(23)30-19)13-31-10-9-17-15(12-31)11-27-21(29-17)14-5-7-16(8-6-14)22(24,25)26/h5-8,11H,2-4,9-10,12-13H2,1H3,(H,28,30). The molecule has 5 nitrogen and oxygen atoms in total. The highest BCUT2D eigenvalue weighted by atomic mass is 35.5. The normalized spacial score (nSPS) is 14.6. The molecule has 0 aliphatic carbocycles. The monoisotopic (exact) mass is 449 g/mol. The van der Waals surface area contributed by atoms with E-state index in [1.54, 1.807) is 6.20 Å². The summed E-state index contributed by atoms with van der Waals surface area (Å²) in [6.45, 7) is 4.29. The molecular formula is C22H23ClF3N5. The Morgan fingerprint density at radius 2 is 1.94 bits per heavy atom. The maximum atomic E-state index is 12.8. The second kappa shape index (κ2) is 8.96. The van der Waals surface area contributed by atoms with Crippen molar-refractivity contribution in [3.63, 3.8) is 0 Å². The van der Waals surface area contributed by atoms with Gasteiger partial charge in [-0.1, -0.05) is 37.1 Å². The van der Waals surface area contributed by atoms with Crippen LogP contribution in [0.3, 0.4) is 0 Å². The number of halogens is 4. The Bertz CT molecular complexity index is 1050. The number of hydrogen-bond donors (Lipinski definition) is 1. The first-order valence-corrected chi connectivity index (χ1v) is 10.7. The molecule has 2 aromatic heterocycles. The van der Waals surface area contributed by atoms with Crippen molar-refractivity contribution in [2.24, 2.45) is 0 Å². The van der Waals surface area contributed by atoms with Gasteiger partial charge in [0.2, 0.25) is 0 Å². The third-order valence-electron chi connectivity index (χ3n) is 5.41. The lowest BCUT2D eigenvalue weighted by atomic mass is 10.1. The number of nitrogens with zero attached hydrogens (tertiary/aromatic N) is 4. The number of aryl methyl sites for hydroxylation is 1. The molecule has 0 bridgehead atoms. The van der Waals surface area contributed by atoms with Crippen LogP contribution in [0.15, 0.2) is 30.5 Å². The lowest BCUT2D eigenvalue weighted by Gasteiger charge is -2.27. The fraction of sp³-hybridized carbons (Fsp3) is 0.409. The Morgan fingerprint density at radius 3 is 2.65 bits per heavy atom. The second-order valence-corrected chi connectivity index (χ2v) is 8.12. The van der Waals surface area contributed by atoms with Crippen LogP contribution in [0.4, 0.5) is 13.2 Å². The van der Waals surface area contributed by atoms with Crippen LogP contribution in [0.25, 0.3) is 11.4 Å². The van der Waals surface area contributed by atoms with Crippen molar-refractivity contribution < 1.29 is 13.2 Å². The van der Waals surface area contributed by atoms with Crippen LogP contribution < -0.4 is 0 Å². The molecule has 3 heterocycles. The third-order valence-corrected chi connectivity index (χ3v) is 5.72. The summed E-state index contributed by atoms with van der Waals surface area (Å²) >= 11 is 6.31. The van der Waals surface area contributed by atoms with E-state index >= 15 is 0 Å². The van der Waals surface area contributed by atoms with Gasteiger partial charge < -0.3 is 4.98 Å². The molecule has 1 aromatic carbocycles. The van der Waals surface area contributed by atoms with E-state index in [2.05, 4.69) is 31.8 Å². The molecule has 0 fully saturated rings. The van der Waals surface area contributed by atoms with Crippen LogP contribution in [0.5, 0.6) is 0 Å². The zero-order valence-electron chi connectivity index (χ0n) is 17.1. The van der Waals surface area contributed by atoms with E-state index in [9.17, 15) is 13.2 Å². The van der Waals surface area contributed by atoms with Crippen molar-refractivity contribution in [3.05, 3.63) is 64.0 Å². The fourth-order valence-electron chi connectivity index (χ4n) is 3.69. The maximum Gasteiger partial charge on any atom is 0.416 e. The van der Waals surface area contributed by atoms with E-state index in [4.69, 9.17) is 11.6 Å². The maximum absolute atomic E-state index is 12.8. The molecule has 9 heteroatoms. The first-order chi connectivity index (χ1) is 14.8. The molecule has 1 aliphatic heterocycles. The average Bonchev–Trinajstić information content (AvgIpc) is 3.10. The zero-order valence-corrected chi connectivity index (χ0v) is 17.9. The van der Waals surface area contributed by atoms with Crippen LogP contribution in [-0.4, -0.2) is 31.4 Å². The van der Waals surface area contributed by atoms with Crippen LogP contribution in [0.2, 0.25) is 5.15 Å². The number of aromatic nitrogens is 4. The van der Waals surface area contributed by atoms with Gasteiger partial charge in [0, 0.05) is 49.8 Å². The quantitative estimate of drug-likeness (QED) is 0.544. The molecule has 31 heavy (non-hydrogen) atoms. The second-order valence-electron chi connectivity index (χ2n) is 7.76. The highest BCUT2D eigenvalue weighted by Crippen LogP contribution is 2.31. The molecular weight excluding hydrogens is 427 g/mol. The molecule has 4 rings (SSSR count). The third kappa shape index (κ3) is 5.07. The lowest BCUT2D eigenvalue weighted by Crippen LogP contribution is -2.31. The van der Waals surface area contributed by atoms with Gasteiger partial charge in [-0.2, -0.15) is 13.2 Å². The molecule has 1 N–H and O–H groups in total. The highest BCUT2D eigenvalue weighted by Gasteiger charge is 2.30. The summed E-state index contributed by atoms with van der Waals surface area (Å²) in [7, 11) is 0. The van der Waals surface area contributed by atoms with E-state index in [0.29, 0.717) is 29.6 Å². The molecule has 0 amide bonds. The summed E-state index contributed by atoms with van der Waals surface area (Å²) < 4.78 is 38.3. The van der Waals surface area contributed by atoms with Crippen LogP contribution in [-0.2, 0) is 32.1 Å². The number of unbranched alkanes of at least 4 members (excludes halogenated alkanes) is 1. The van der Waals surface area contributed by atoms with E-state index < -0.39 is 11.7 Å². The summed E-state index contributed by atoms with van der Waals surface area (Å²) in [5.74, 6) is 1.36. The van der Waals surface area contributed by atoms with Gasteiger partial charge in [-0.15, -0.1) is 0 Å². The average molecular weight is 450 g/mol. The van der Waals surface area contributed by atoms with Crippen molar-refractivity contribution in [1.82, 2.24) is 24.8 Å². The topological polar surface area (TPSA) is 57.7 Å². The fourth-order valence-corrected chi connectivity index (χ4v) is 3.90. The number of imidazole rings is 1. The Kier molecular flexibility index (Phi) is 6.29. The van der Waals surface area contributed by atoms with Crippen LogP contribution >= 0.6 is 11.6 Å². The summed E-state index contributed by atoms with van der Waals surface area (Å²) in [6.07, 6.45) is 1.21. The molecule has 0 saturated heterocycles. The summed E-state index contributed by atoms with van der Waals surface area (Å²) in [5, 5.41) is 0.519. The van der Waals surface area contributed by atoms with Crippen LogP contribution in [0.1, 0.15) is 48.1 Å². The SMILES string of the molecule is CCCCc1nc(Cl)c(CN2CCc3nc(-c4ccc(C(F)(F)F)cc4)ncc3C2)[nH]1. The van der Waals surface area contributed by atoms with Gasteiger partial charge in [-0.25, -0.2) is 15.0 Å². The molecule has 3 aromatic rings. The predicted octanol–water partition coefficient (Wildman–Crippen LogP) is 5.44. The van der Waals surface area contributed by atoms with Crippen molar-refractivity contribution in [3.8, 4) is 11.4 Å². The van der Waals surface area contributed by atoms with Crippen molar-refractivity contribution >= 4 is 11.6 Å². The summed E-state index contributed by atoms with van der Waals surface area (Å²) in [6, 6.07) is 4.94. The number of alkyl halides is 3. The first kappa shape index (κ1) is 21.8. The number of H-pyrrole nitrogens is 1. The Hall–Kier alpha value is -2.45. The van der Waals surface area contributed by atoms with Crippen molar-refractivity contribution in [1.29, 1.82) is 0 Å². The summed E-state index contributed by atoms with van der Waals surface area (Å²) in [5.41, 5.74) is 2.75. The van der Waals surface area contributed by atoms with Crippen molar-refractivity contribution in [2.45, 2.75) is 51.9 Å². The minimum Gasteiger partial charge on any atom is -0.344 e. The highest BCUT2D eigenvalue weighted by molar-refractivity contribution is 6.30. The number of fused-ring (bicyclic) bond motifs is 1. The first-order valence-electron chi connectivity index (χ1n) is 10.3. The molecule has 0 radical (unpaired) electrons. The van der Waals surface area contributed by atoms with Crippen LogP contribution in [0, 0.1) is 0 Å². The number of benzene rings is 1. The molecule has 0 atom stereocenters. The Balaban J connectivity index is 1.44. The minimum absolute atomic E-state index is 0.443. The van der Waals surface area contributed by atoms with Gasteiger partial charge in [0.05, 0.1) is 17.0 Å². The predicted molar refractivity (Wildman–Crippen MR) is 112 cm³/mol. The largest absolute Gasteiger partial charge is 0.416 e. The van der Waals surface area contributed by atoms with E-state index in [1.807, 2.05) is 0 Å². The Morgan fingerprint density at radius 1 is 1.16 bits per heavy atom. The molecule has 0 spiro atoms. The number of rotatable bonds is 6. The van der Waals surface area contributed by atoms with E-state index in [0.717, 1.165) is 67.1 Å². The van der Waals surface area contributed by atoms with Gasteiger partial charge in [-0.3, -0.25) is 4.90 Å². The van der Waals surface area contributed by atoms with E-state index in [-0.39, 0.29) is 0 Å². The van der Waals surface area contributed by atoms with Crippen molar-refractivity contribution in [2.75, 3.05) is 6.54 Å². The zero-order chi connectivity index (χ0) is 22.0.